The summed E-state index contributed by atoms with van der Waals surface area (Å²) >= 11 is 0. The van der Waals surface area contributed by atoms with E-state index in [1.807, 2.05) is 42.5 Å². The highest BCUT2D eigenvalue weighted by atomic mass is 16.5. The van der Waals surface area contributed by atoms with Gasteiger partial charge in [-0.15, -0.1) is 0 Å². The van der Waals surface area contributed by atoms with Crippen molar-refractivity contribution < 1.29 is 23.5 Å². The van der Waals surface area contributed by atoms with Crippen LogP contribution < -0.4 is 15.4 Å². The topological polar surface area (TPSA) is 97.6 Å². The molecule has 0 saturated carbocycles. The Morgan fingerprint density at radius 3 is 2.72 bits per heavy atom. The summed E-state index contributed by atoms with van der Waals surface area (Å²) in [5, 5.41) is 7.90. The van der Waals surface area contributed by atoms with Gasteiger partial charge in [0.1, 0.15) is 17.1 Å². The molecule has 2 heterocycles. The second-order valence-corrected chi connectivity index (χ2v) is 7.86. The lowest BCUT2D eigenvalue weighted by Crippen LogP contribution is -2.39. The molecule has 0 radical (unpaired) electrons. The number of anilines is 1. The number of hydrogen-bond donors (Lipinski definition) is 2. The van der Waals surface area contributed by atoms with Crippen LogP contribution in [0.15, 0.2) is 65.3 Å². The molecule has 0 aliphatic carbocycles. The number of nitrogens with one attached hydrogen (secondary N) is 2. The van der Waals surface area contributed by atoms with Crippen molar-refractivity contribution in [1.29, 1.82) is 0 Å². The molecular weight excluding hydrogens is 408 g/mol. The van der Waals surface area contributed by atoms with Gasteiger partial charge in [0, 0.05) is 36.0 Å². The van der Waals surface area contributed by atoms with Crippen molar-refractivity contribution in [2.45, 2.75) is 25.7 Å². The number of rotatable bonds is 4. The van der Waals surface area contributed by atoms with Crippen molar-refractivity contribution in [2.24, 2.45) is 0 Å². The summed E-state index contributed by atoms with van der Waals surface area (Å²) in [5.41, 5.74) is 2.12. The smallest absolute Gasteiger partial charge is 0.234 e. The molecule has 0 bridgehead atoms. The molecule has 1 aliphatic heterocycles. The summed E-state index contributed by atoms with van der Waals surface area (Å²) in [4.78, 5) is 35.1. The number of hydrogen-bond acceptors (Lipinski definition) is 5. The Bertz CT molecular complexity index is 1390. The molecule has 1 unspecified atom stereocenters. The number of furan rings is 1. The third kappa shape index (κ3) is 3.80. The normalized spacial score (nSPS) is 16.2. The molecule has 1 fully saturated rings. The van der Waals surface area contributed by atoms with E-state index in [-0.39, 0.29) is 17.7 Å². The van der Waals surface area contributed by atoms with E-state index in [4.69, 9.17) is 9.15 Å². The summed E-state index contributed by atoms with van der Waals surface area (Å²) in [6, 6.07) is 16.8. The predicted molar refractivity (Wildman–Crippen MR) is 120 cm³/mol. The molecule has 3 amide bonds. The Hall–Kier alpha value is -4.13. The van der Waals surface area contributed by atoms with Crippen LogP contribution in [0.4, 0.5) is 5.69 Å². The molecule has 1 saturated heterocycles. The highest BCUT2D eigenvalue weighted by molar-refractivity contribution is 6.04. The van der Waals surface area contributed by atoms with E-state index in [2.05, 4.69) is 10.6 Å². The summed E-state index contributed by atoms with van der Waals surface area (Å²) in [5.74, 6) is 0.146. The van der Waals surface area contributed by atoms with Gasteiger partial charge in [0.05, 0.1) is 12.2 Å². The van der Waals surface area contributed by atoms with Crippen LogP contribution in [-0.2, 0) is 14.4 Å². The lowest BCUT2D eigenvalue weighted by Gasteiger charge is -2.19. The van der Waals surface area contributed by atoms with Gasteiger partial charge >= 0.3 is 0 Å². The minimum Gasteiger partial charge on any atom is -0.464 e. The van der Waals surface area contributed by atoms with Crippen LogP contribution in [0, 0.1) is 0 Å². The Labute approximate surface area is 183 Å². The lowest BCUT2D eigenvalue weighted by molar-refractivity contribution is -0.134. The summed E-state index contributed by atoms with van der Waals surface area (Å²) < 4.78 is 11.7. The van der Waals surface area contributed by atoms with Crippen molar-refractivity contribution in [1.82, 2.24) is 5.32 Å². The fraction of sp³-hybridized carbons (Fsp3) is 0.160. The van der Waals surface area contributed by atoms with Crippen LogP contribution in [0.5, 0.6) is 11.5 Å². The summed E-state index contributed by atoms with van der Waals surface area (Å²) in [6.07, 6.45) is 2.38. The molecule has 1 atom stereocenters. The number of benzene rings is 3. The molecule has 160 valence electrons. The van der Waals surface area contributed by atoms with Gasteiger partial charge in [-0.05, 0) is 53.6 Å². The largest absolute Gasteiger partial charge is 0.464 e. The van der Waals surface area contributed by atoms with Crippen LogP contribution in [0.25, 0.3) is 21.7 Å². The van der Waals surface area contributed by atoms with E-state index in [1.165, 1.54) is 6.92 Å². The second kappa shape index (κ2) is 7.85. The molecule has 1 aliphatic rings. The minimum absolute atomic E-state index is 0.149. The maximum Gasteiger partial charge on any atom is 0.234 e. The zero-order valence-corrected chi connectivity index (χ0v) is 17.3. The van der Waals surface area contributed by atoms with Crippen molar-refractivity contribution >= 4 is 45.2 Å². The van der Waals surface area contributed by atoms with E-state index >= 15 is 0 Å². The number of piperidine rings is 1. The second-order valence-electron chi connectivity index (χ2n) is 7.86. The zero-order valence-electron chi connectivity index (χ0n) is 17.3. The van der Waals surface area contributed by atoms with Crippen LogP contribution in [0.1, 0.15) is 31.2 Å². The maximum absolute atomic E-state index is 12.3. The fourth-order valence-electron chi connectivity index (χ4n) is 4.07. The van der Waals surface area contributed by atoms with Gasteiger partial charge in [-0.2, -0.15) is 0 Å². The average molecular weight is 428 g/mol. The first-order valence-corrected chi connectivity index (χ1v) is 10.3. The Morgan fingerprint density at radius 1 is 1.06 bits per heavy atom. The number of imide groups is 1. The molecule has 7 heteroatoms. The Morgan fingerprint density at radius 2 is 1.91 bits per heavy atom. The van der Waals surface area contributed by atoms with Gasteiger partial charge in [-0.25, -0.2) is 0 Å². The first kappa shape index (κ1) is 19.8. The molecular formula is C25H20N2O5. The molecule has 32 heavy (non-hydrogen) atoms. The van der Waals surface area contributed by atoms with Crippen molar-refractivity contribution in [3.8, 4) is 11.5 Å². The van der Waals surface area contributed by atoms with E-state index in [1.54, 1.807) is 18.4 Å². The number of ether oxygens (including phenoxy) is 1. The monoisotopic (exact) mass is 428 g/mol. The summed E-state index contributed by atoms with van der Waals surface area (Å²) in [6.45, 7) is 1.45. The standard InChI is InChI=1S/C25H20N2O5/c1-14(28)26-17-3-2-4-18(12-17)32-19-6-5-15-11-23-21(10-16(15)9-19)22(13-31-23)20-7-8-24(29)27-25(20)30/h2-6,9-13,20H,7-8H2,1H3,(H,26,28)(H,27,29,30). The summed E-state index contributed by atoms with van der Waals surface area (Å²) in [7, 11) is 0. The average Bonchev–Trinajstić information content (AvgIpc) is 3.14. The molecule has 5 rings (SSSR count). The van der Waals surface area contributed by atoms with Crippen molar-refractivity contribution in [2.75, 3.05) is 5.32 Å². The molecule has 2 N–H and O–H groups in total. The molecule has 0 spiro atoms. The van der Waals surface area contributed by atoms with Crippen molar-refractivity contribution in [3.63, 3.8) is 0 Å². The number of fused-ring (bicyclic) bond motifs is 2. The van der Waals surface area contributed by atoms with Gasteiger partial charge < -0.3 is 14.5 Å². The SMILES string of the molecule is CC(=O)Nc1cccc(Oc2ccc3cc4occ(C5CCC(=O)NC5=O)c4cc3c2)c1. The van der Waals surface area contributed by atoms with E-state index < -0.39 is 5.92 Å². The van der Waals surface area contributed by atoms with Crippen molar-refractivity contribution in [3.05, 3.63) is 66.4 Å². The Kier molecular flexibility index (Phi) is 4.86. The molecule has 4 aromatic rings. The highest BCUT2D eigenvalue weighted by Crippen LogP contribution is 2.36. The number of carbonyl (C=O) groups is 3. The third-order valence-electron chi connectivity index (χ3n) is 5.54. The molecule has 3 aromatic carbocycles. The number of amides is 3. The fourth-order valence-corrected chi connectivity index (χ4v) is 4.07. The zero-order chi connectivity index (χ0) is 22.2. The van der Waals surface area contributed by atoms with Gasteiger partial charge in [-0.1, -0.05) is 12.1 Å². The quantitative estimate of drug-likeness (QED) is 0.453. The predicted octanol–water partition coefficient (Wildman–Crippen LogP) is 4.86. The van der Waals surface area contributed by atoms with Gasteiger partial charge in [0.2, 0.25) is 17.7 Å². The maximum atomic E-state index is 12.3. The van der Waals surface area contributed by atoms with Crippen LogP contribution in [-0.4, -0.2) is 17.7 Å². The van der Waals surface area contributed by atoms with E-state index in [0.717, 1.165) is 21.7 Å². The van der Waals surface area contributed by atoms with Crippen LogP contribution in [0.2, 0.25) is 0 Å². The van der Waals surface area contributed by atoms with Gasteiger partial charge in [-0.3, -0.25) is 19.7 Å². The first-order valence-electron chi connectivity index (χ1n) is 10.3. The Balaban J connectivity index is 1.48. The van der Waals surface area contributed by atoms with Crippen LogP contribution >= 0.6 is 0 Å². The number of carbonyl (C=O) groups excluding carboxylic acids is 3. The highest BCUT2D eigenvalue weighted by Gasteiger charge is 2.30. The van der Waals surface area contributed by atoms with E-state index in [9.17, 15) is 14.4 Å². The van der Waals surface area contributed by atoms with E-state index in [0.29, 0.717) is 35.6 Å². The molecule has 1 aromatic heterocycles. The minimum atomic E-state index is -0.414. The van der Waals surface area contributed by atoms with Gasteiger partial charge in [0.25, 0.3) is 0 Å². The lowest BCUT2D eigenvalue weighted by atomic mass is 9.90. The van der Waals surface area contributed by atoms with Gasteiger partial charge in [0.15, 0.2) is 0 Å². The molecule has 7 nitrogen and oxygen atoms in total. The first-order chi connectivity index (χ1) is 15.5. The van der Waals surface area contributed by atoms with Crippen LogP contribution in [0.3, 0.4) is 0 Å². The third-order valence-corrected chi connectivity index (χ3v) is 5.54.